The number of nitrogens with zero attached hydrogens (tertiary/aromatic N) is 2. The van der Waals surface area contributed by atoms with Crippen LogP contribution in [-0.2, 0) is 30.4 Å². The average Bonchev–Trinajstić information content (AvgIpc) is 3.66. The highest BCUT2D eigenvalue weighted by Crippen LogP contribution is 2.47. The van der Waals surface area contributed by atoms with Crippen molar-refractivity contribution in [1.82, 2.24) is 0 Å². The number of carbonyl (C=O) groups excluding carboxylic acids is 3. The number of thioether (sulfide) groups is 1. The molecule has 1 atom stereocenters. The Morgan fingerprint density at radius 2 is 1.52 bits per heavy atom. The molecule has 0 radical (unpaired) electrons. The smallest absolute Gasteiger partial charge is 0.305 e. The molecule has 0 amide bonds. The number of aryl methyl sites for hydroxylation is 1. The van der Waals surface area contributed by atoms with E-state index < -0.39 is 0 Å². The van der Waals surface area contributed by atoms with Crippen LogP contribution in [0.1, 0.15) is 102 Å². The number of rotatable bonds is 21. The highest BCUT2D eigenvalue weighted by atomic mass is 32.2. The van der Waals surface area contributed by atoms with Crippen molar-refractivity contribution in [3.63, 3.8) is 0 Å². The summed E-state index contributed by atoms with van der Waals surface area (Å²) in [7, 11) is 0. The van der Waals surface area contributed by atoms with Gasteiger partial charge in [0.05, 0.1) is 24.3 Å². The van der Waals surface area contributed by atoms with Crippen molar-refractivity contribution in [1.29, 1.82) is 0 Å². The fraction of sp³-hybridized carbons (Fsp3) is 0.500. The molecular formula is C40H50N2O6S2. The van der Waals surface area contributed by atoms with Crippen LogP contribution in [0.15, 0.2) is 70.3 Å². The van der Waals surface area contributed by atoms with Gasteiger partial charge in [-0.3, -0.25) is 14.4 Å². The van der Waals surface area contributed by atoms with Gasteiger partial charge in [0.15, 0.2) is 12.3 Å². The van der Waals surface area contributed by atoms with Gasteiger partial charge in [-0.15, -0.1) is 0 Å². The molecule has 5 rings (SSSR count). The molecule has 2 aliphatic rings. The summed E-state index contributed by atoms with van der Waals surface area (Å²) in [5, 5.41) is 14.4. The number of benzene rings is 2. The SMILES string of the molecule is CCCCOC(=O)CCCCCN1c2ccccc2SC1CC1=C([O-])/C(=C/c2sc3ccccc3[n+]2CCCCCC(=O)OCCCC)C1=O. The first-order chi connectivity index (χ1) is 24.4. The number of anilines is 1. The first-order valence-corrected chi connectivity index (χ1v) is 20.0. The van der Waals surface area contributed by atoms with Gasteiger partial charge in [0.25, 0.3) is 5.01 Å². The second-order valence-corrected chi connectivity index (χ2v) is 15.2. The lowest BCUT2D eigenvalue weighted by atomic mass is 9.85. The van der Waals surface area contributed by atoms with E-state index in [1.165, 1.54) is 0 Å². The van der Waals surface area contributed by atoms with Crippen molar-refractivity contribution in [2.45, 2.75) is 114 Å². The number of carbonyl (C=O) groups is 3. The number of ketones is 1. The Hall–Kier alpha value is -3.63. The molecule has 268 valence electrons. The van der Waals surface area contributed by atoms with E-state index in [9.17, 15) is 19.5 Å². The lowest BCUT2D eigenvalue weighted by molar-refractivity contribution is -0.669. The number of allylic oxidation sites excluding steroid dienone is 1. The maximum atomic E-state index is 13.5. The number of hydrogen-bond donors (Lipinski definition) is 0. The van der Waals surface area contributed by atoms with Gasteiger partial charge in [-0.25, -0.2) is 0 Å². The standard InChI is InChI=1S/C40H50N2O6S2/c1-3-5-25-47-37(43)21-9-7-15-23-41-31-17-11-13-19-33(31)49-35(41)27-29-39(45)30(40(29)46)28-36-42(32-18-12-14-20-34(32)50-36)24-16-8-10-22-38(44)48-26-6-4-2/h11-14,17-20,27,36H,3-10,15-16,21-26,28H2,1-2H3. The van der Waals surface area contributed by atoms with Crippen LogP contribution in [0.4, 0.5) is 5.69 Å². The molecule has 0 bridgehead atoms. The lowest BCUT2D eigenvalue weighted by Crippen LogP contribution is -2.38. The second kappa shape index (κ2) is 19.1. The molecule has 2 aromatic carbocycles. The minimum absolute atomic E-state index is 0.0333. The maximum absolute atomic E-state index is 13.5. The summed E-state index contributed by atoms with van der Waals surface area (Å²) < 4.78 is 13.9. The molecule has 10 heteroatoms. The van der Waals surface area contributed by atoms with E-state index >= 15 is 0 Å². The molecule has 1 aromatic heterocycles. The minimum atomic E-state index is -0.154. The zero-order valence-corrected chi connectivity index (χ0v) is 31.1. The summed E-state index contributed by atoms with van der Waals surface area (Å²) in [6, 6.07) is 16.4. The second-order valence-electron chi connectivity index (χ2n) is 13.0. The molecule has 1 aliphatic carbocycles. The molecule has 0 fully saturated rings. The van der Waals surface area contributed by atoms with Gasteiger partial charge >= 0.3 is 11.9 Å². The Bertz CT molecular complexity index is 1700. The van der Waals surface area contributed by atoms with Crippen LogP contribution in [0.5, 0.6) is 0 Å². The van der Waals surface area contributed by atoms with Gasteiger partial charge in [-0.2, -0.15) is 4.57 Å². The summed E-state index contributed by atoms with van der Waals surface area (Å²) in [4.78, 5) is 41.0. The number of thiazole rings is 1. The quantitative estimate of drug-likeness (QED) is 0.0475. The Kier molecular flexibility index (Phi) is 14.4. The van der Waals surface area contributed by atoms with Gasteiger partial charge in [-0.1, -0.05) is 86.2 Å². The lowest BCUT2D eigenvalue weighted by Gasteiger charge is -2.34. The summed E-state index contributed by atoms with van der Waals surface area (Å²) in [5.41, 5.74) is 2.85. The van der Waals surface area contributed by atoms with Gasteiger partial charge in [0, 0.05) is 54.8 Å². The number of unbranched alkanes of at least 4 members (excludes halogenated alkanes) is 6. The summed E-state index contributed by atoms with van der Waals surface area (Å²) in [5.74, 6) is -0.567. The van der Waals surface area contributed by atoms with Crippen molar-refractivity contribution in [3.8, 4) is 0 Å². The van der Waals surface area contributed by atoms with Crippen LogP contribution in [0.25, 0.3) is 16.3 Å². The van der Waals surface area contributed by atoms with Crippen LogP contribution in [0, 0.1) is 0 Å². The van der Waals surface area contributed by atoms with Crippen LogP contribution in [-0.4, -0.2) is 42.9 Å². The zero-order chi connectivity index (χ0) is 35.3. The largest absolute Gasteiger partial charge is 0.872 e. The third-order valence-corrected chi connectivity index (χ3v) is 11.6. The van der Waals surface area contributed by atoms with Crippen LogP contribution < -0.4 is 14.6 Å². The molecule has 8 nitrogen and oxygen atoms in total. The van der Waals surface area contributed by atoms with E-state index in [0.29, 0.717) is 38.0 Å². The summed E-state index contributed by atoms with van der Waals surface area (Å²) in [6.45, 7) is 6.66. The van der Waals surface area contributed by atoms with Gasteiger partial charge in [-0.05, 0) is 62.3 Å². The van der Waals surface area contributed by atoms with Crippen molar-refractivity contribution >= 4 is 62.8 Å². The van der Waals surface area contributed by atoms with E-state index in [4.69, 9.17) is 9.47 Å². The van der Waals surface area contributed by atoms with Gasteiger partial charge in [0.1, 0.15) is 4.70 Å². The number of esters is 2. The molecule has 0 spiro atoms. The third kappa shape index (κ3) is 9.78. The molecule has 1 unspecified atom stereocenters. The maximum Gasteiger partial charge on any atom is 0.305 e. The molecule has 1 aliphatic heterocycles. The van der Waals surface area contributed by atoms with Crippen molar-refractivity contribution in [2.24, 2.45) is 0 Å². The van der Waals surface area contributed by atoms with E-state index in [2.05, 4.69) is 47.6 Å². The van der Waals surface area contributed by atoms with E-state index in [0.717, 1.165) is 103 Å². The number of hydrogen-bond acceptors (Lipinski definition) is 9. The number of ether oxygens (including phenoxy) is 2. The Morgan fingerprint density at radius 3 is 2.22 bits per heavy atom. The van der Waals surface area contributed by atoms with E-state index in [1.54, 1.807) is 29.2 Å². The monoisotopic (exact) mass is 718 g/mol. The summed E-state index contributed by atoms with van der Waals surface area (Å²) in [6.07, 6.45) is 12.0. The van der Waals surface area contributed by atoms with Crippen molar-refractivity contribution < 1.29 is 33.5 Å². The highest BCUT2D eigenvalue weighted by molar-refractivity contribution is 8.00. The average molecular weight is 719 g/mol. The van der Waals surface area contributed by atoms with Crippen molar-refractivity contribution in [3.05, 3.63) is 70.4 Å². The molecule has 0 N–H and O–H groups in total. The normalized spacial score (nSPS) is 16.3. The fourth-order valence-electron chi connectivity index (χ4n) is 6.30. The van der Waals surface area contributed by atoms with Crippen molar-refractivity contribution in [2.75, 3.05) is 24.7 Å². The first-order valence-electron chi connectivity index (χ1n) is 18.3. The summed E-state index contributed by atoms with van der Waals surface area (Å²) >= 11 is 3.30. The third-order valence-electron chi connectivity index (χ3n) is 9.17. The fourth-order valence-corrected chi connectivity index (χ4v) is 8.78. The molecule has 0 saturated heterocycles. The van der Waals surface area contributed by atoms with Crippen LogP contribution in [0.2, 0.25) is 0 Å². The van der Waals surface area contributed by atoms with Crippen LogP contribution in [0.3, 0.4) is 0 Å². The molecular weight excluding hydrogens is 669 g/mol. The Labute approximate surface area is 304 Å². The first kappa shape index (κ1) is 37.6. The molecule has 50 heavy (non-hydrogen) atoms. The minimum Gasteiger partial charge on any atom is -0.872 e. The zero-order valence-electron chi connectivity index (χ0n) is 29.5. The predicted octanol–water partition coefficient (Wildman–Crippen LogP) is 7.91. The molecule has 2 heterocycles. The molecule has 3 aromatic rings. The number of aromatic nitrogens is 1. The number of fused-ring (bicyclic) bond motifs is 2. The van der Waals surface area contributed by atoms with Gasteiger partial charge < -0.3 is 19.5 Å². The topological polar surface area (TPSA) is 99.8 Å². The highest BCUT2D eigenvalue weighted by Gasteiger charge is 2.36. The number of para-hydroxylation sites is 2. The Morgan fingerprint density at radius 1 is 0.860 bits per heavy atom. The predicted molar refractivity (Wildman–Crippen MR) is 199 cm³/mol. The number of Topliss-reactive ketones (excluding diaryl/α,β-unsaturated/α-hetero) is 1. The van der Waals surface area contributed by atoms with Crippen LogP contribution >= 0.6 is 23.1 Å². The van der Waals surface area contributed by atoms with Gasteiger partial charge in [0.2, 0.25) is 5.52 Å². The van der Waals surface area contributed by atoms with E-state index in [-0.39, 0.29) is 34.4 Å². The van der Waals surface area contributed by atoms with E-state index in [1.807, 2.05) is 24.3 Å². The Balaban J connectivity index is 1.20. The molecule has 0 saturated carbocycles.